The molecule has 0 saturated carbocycles. The van der Waals surface area contributed by atoms with Crippen molar-refractivity contribution in [2.45, 2.75) is 72.0 Å². The first-order chi connectivity index (χ1) is 7.06. The van der Waals surface area contributed by atoms with E-state index in [0.29, 0.717) is 0 Å². The van der Waals surface area contributed by atoms with E-state index in [9.17, 15) is 0 Å². The second-order valence-electron chi connectivity index (χ2n) is 4.82. The third-order valence-corrected chi connectivity index (χ3v) is 3.54. The predicted molar refractivity (Wildman–Crippen MR) is 74.4 cm³/mol. The molecule has 0 bridgehead atoms. The fourth-order valence-electron chi connectivity index (χ4n) is 1.65. The first kappa shape index (κ1) is 15.1. The molecule has 0 aromatic rings. The molecule has 0 aromatic heterocycles. The number of thioether (sulfide) groups is 1. The van der Waals surface area contributed by atoms with Crippen LogP contribution in [-0.4, -0.2) is 5.25 Å². The van der Waals surface area contributed by atoms with Crippen LogP contribution < -0.4 is 0 Å². The molecule has 1 atom stereocenters. The molecule has 90 valence electrons. The van der Waals surface area contributed by atoms with Crippen molar-refractivity contribution in [1.29, 1.82) is 0 Å². The topological polar surface area (TPSA) is 0 Å². The summed E-state index contributed by atoms with van der Waals surface area (Å²) in [5.41, 5.74) is 0. The van der Waals surface area contributed by atoms with E-state index < -0.39 is 0 Å². The van der Waals surface area contributed by atoms with E-state index in [1.165, 1.54) is 37.0 Å². The molecule has 0 aromatic carbocycles. The van der Waals surface area contributed by atoms with Crippen LogP contribution in [0.4, 0.5) is 0 Å². The molecule has 0 aliphatic rings. The Morgan fingerprint density at radius 2 is 1.87 bits per heavy atom. The van der Waals surface area contributed by atoms with E-state index in [2.05, 4.69) is 40.7 Å². The van der Waals surface area contributed by atoms with Crippen LogP contribution in [0.5, 0.6) is 0 Å². The Kier molecular flexibility index (Phi) is 9.38. The van der Waals surface area contributed by atoms with Gasteiger partial charge in [0.15, 0.2) is 0 Å². The minimum Gasteiger partial charge on any atom is -0.128 e. The maximum Gasteiger partial charge on any atom is 0.00343 e. The van der Waals surface area contributed by atoms with Gasteiger partial charge >= 0.3 is 0 Å². The molecule has 1 unspecified atom stereocenters. The fraction of sp³-hybridized carbons (Fsp3) is 0.857. The van der Waals surface area contributed by atoms with Crippen LogP contribution in [-0.2, 0) is 0 Å². The molecule has 0 nitrogen and oxygen atoms in total. The van der Waals surface area contributed by atoms with Crippen molar-refractivity contribution >= 4 is 11.8 Å². The Morgan fingerprint density at radius 3 is 2.40 bits per heavy atom. The summed E-state index contributed by atoms with van der Waals surface area (Å²) in [6.45, 7) is 11.4. The first-order valence-electron chi connectivity index (χ1n) is 6.39. The van der Waals surface area contributed by atoms with Gasteiger partial charge in [-0.15, -0.1) is 11.8 Å². The van der Waals surface area contributed by atoms with E-state index in [1.54, 1.807) is 0 Å². The summed E-state index contributed by atoms with van der Waals surface area (Å²) >= 11 is 1.99. The molecule has 0 radical (unpaired) electrons. The van der Waals surface area contributed by atoms with E-state index in [4.69, 9.17) is 0 Å². The average Bonchev–Trinajstić information content (AvgIpc) is 2.14. The van der Waals surface area contributed by atoms with Crippen molar-refractivity contribution in [2.75, 3.05) is 0 Å². The minimum atomic E-state index is 0.719. The Hall–Kier alpha value is 0.0900. The first-order valence-corrected chi connectivity index (χ1v) is 7.27. The molecule has 15 heavy (non-hydrogen) atoms. The van der Waals surface area contributed by atoms with Crippen LogP contribution in [0.2, 0.25) is 0 Å². The van der Waals surface area contributed by atoms with Gasteiger partial charge in [-0.05, 0) is 24.2 Å². The Morgan fingerprint density at radius 1 is 1.20 bits per heavy atom. The second-order valence-corrected chi connectivity index (χ2v) is 6.64. The van der Waals surface area contributed by atoms with Gasteiger partial charge in [0.2, 0.25) is 0 Å². The molecule has 0 saturated heterocycles. The molecule has 0 heterocycles. The summed E-state index contributed by atoms with van der Waals surface area (Å²) in [5.74, 6) is 0.860. The zero-order valence-corrected chi connectivity index (χ0v) is 12.0. The van der Waals surface area contributed by atoms with Gasteiger partial charge in [0.25, 0.3) is 0 Å². The van der Waals surface area contributed by atoms with Gasteiger partial charge in [-0.1, -0.05) is 59.5 Å². The second kappa shape index (κ2) is 9.33. The van der Waals surface area contributed by atoms with Gasteiger partial charge in [0.1, 0.15) is 0 Å². The Labute approximate surface area is 101 Å². The van der Waals surface area contributed by atoms with E-state index in [0.717, 1.165) is 11.2 Å². The van der Waals surface area contributed by atoms with Gasteiger partial charge in [-0.25, -0.2) is 0 Å². The van der Waals surface area contributed by atoms with E-state index in [-0.39, 0.29) is 0 Å². The summed E-state index contributed by atoms with van der Waals surface area (Å²) in [4.78, 5) is 1.49. The lowest BCUT2D eigenvalue weighted by atomic mass is 10.00. The van der Waals surface area contributed by atoms with E-state index >= 15 is 0 Å². The lowest BCUT2D eigenvalue weighted by Gasteiger charge is -2.09. The standard InChI is InChI=1S/C14H28S/c1-6-7-8-9-13(4)10-11-14(5)15-12(2)3/h11-13H,6-10H2,1-5H3. The van der Waals surface area contributed by atoms with Crippen molar-refractivity contribution in [2.24, 2.45) is 5.92 Å². The molecule has 0 amide bonds. The summed E-state index contributed by atoms with van der Waals surface area (Å²) in [6.07, 6.45) is 9.21. The number of hydrogen-bond acceptors (Lipinski definition) is 1. The van der Waals surface area contributed by atoms with Crippen LogP contribution in [0, 0.1) is 5.92 Å². The van der Waals surface area contributed by atoms with Gasteiger partial charge in [0.05, 0.1) is 0 Å². The lowest BCUT2D eigenvalue weighted by molar-refractivity contribution is 0.500. The Balaban J connectivity index is 3.62. The van der Waals surface area contributed by atoms with Gasteiger partial charge in [-0.2, -0.15) is 0 Å². The molecule has 0 rings (SSSR count). The van der Waals surface area contributed by atoms with Crippen LogP contribution in [0.1, 0.15) is 66.7 Å². The van der Waals surface area contributed by atoms with Crippen molar-refractivity contribution in [3.8, 4) is 0 Å². The van der Waals surface area contributed by atoms with Crippen molar-refractivity contribution in [1.82, 2.24) is 0 Å². The van der Waals surface area contributed by atoms with Crippen molar-refractivity contribution in [3.63, 3.8) is 0 Å². The zero-order valence-electron chi connectivity index (χ0n) is 11.2. The van der Waals surface area contributed by atoms with Crippen LogP contribution in [0.3, 0.4) is 0 Å². The third-order valence-electron chi connectivity index (χ3n) is 2.53. The van der Waals surface area contributed by atoms with Crippen LogP contribution in [0.25, 0.3) is 0 Å². The number of hydrogen-bond donors (Lipinski definition) is 0. The number of unbranched alkanes of at least 4 members (excludes halogenated alkanes) is 2. The maximum absolute atomic E-state index is 2.42. The maximum atomic E-state index is 2.42. The highest BCUT2D eigenvalue weighted by Gasteiger charge is 2.01. The molecule has 0 aliphatic heterocycles. The van der Waals surface area contributed by atoms with Gasteiger partial charge < -0.3 is 0 Å². The molecule has 1 heteroatoms. The molecule has 0 fully saturated rings. The summed E-state index contributed by atoms with van der Waals surface area (Å²) in [7, 11) is 0. The monoisotopic (exact) mass is 228 g/mol. The highest BCUT2D eigenvalue weighted by atomic mass is 32.2. The normalized spacial score (nSPS) is 14.7. The largest absolute Gasteiger partial charge is 0.128 e. The average molecular weight is 228 g/mol. The zero-order chi connectivity index (χ0) is 11.7. The summed E-state index contributed by atoms with van der Waals surface area (Å²) in [5, 5.41) is 0.719. The highest BCUT2D eigenvalue weighted by molar-refractivity contribution is 8.03. The minimum absolute atomic E-state index is 0.719. The molecule has 0 N–H and O–H groups in total. The smallest absolute Gasteiger partial charge is 0.00343 e. The lowest BCUT2D eigenvalue weighted by Crippen LogP contribution is -1.93. The predicted octanol–water partition coefficient (Wildman–Crippen LogP) is 5.64. The van der Waals surface area contributed by atoms with Crippen molar-refractivity contribution < 1.29 is 0 Å². The fourth-order valence-corrected chi connectivity index (χ4v) is 2.58. The van der Waals surface area contributed by atoms with Gasteiger partial charge in [-0.3, -0.25) is 0 Å². The number of allylic oxidation sites excluding steroid dienone is 2. The van der Waals surface area contributed by atoms with Crippen LogP contribution >= 0.6 is 11.8 Å². The third kappa shape index (κ3) is 10.4. The molecular weight excluding hydrogens is 200 g/mol. The molecular formula is C14H28S. The quantitative estimate of drug-likeness (QED) is 0.485. The van der Waals surface area contributed by atoms with E-state index in [1.807, 2.05) is 11.8 Å². The molecule has 0 spiro atoms. The SMILES string of the molecule is CCCCCC(C)CC=C(C)SC(C)C. The molecule has 0 aliphatic carbocycles. The van der Waals surface area contributed by atoms with Crippen LogP contribution in [0.15, 0.2) is 11.0 Å². The highest BCUT2D eigenvalue weighted by Crippen LogP contribution is 2.22. The Bertz CT molecular complexity index is 170. The summed E-state index contributed by atoms with van der Waals surface area (Å²) in [6, 6.07) is 0. The van der Waals surface area contributed by atoms with Gasteiger partial charge in [0, 0.05) is 5.25 Å². The van der Waals surface area contributed by atoms with Crippen molar-refractivity contribution in [3.05, 3.63) is 11.0 Å². The summed E-state index contributed by atoms with van der Waals surface area (Å²) < 4.78 is 0. The number of rotatable bonds is 8.